The Balaban J connectivity index is 1.12. The van der Waals surface area contributed by atoms with Crippen LogP contribution in [0.5, 0.6) is 23.0 Å². The predicted octanol–water partition coefficient (Wildman–Crippen LogP) is 12.0. The van der Waals surface area contributed by atoms with Crippen molar-refractivity contribution in [2.24, 2.45) is 0 Å². The third-order valence-electron chi connectivity index (χ3n) is 8.50. The molecule has 0 saturated carbocycles. The number of benzene rings is 5. The Morgan fingerprint density at radius 2 is 1.23 bits per heavy atom. The molecule has 0 aliphatic carbocycles. The van der Waals surface area contributed by atoms with Gasteiger partial charge in [-0.15, -0.1) is 0 Å². The SMILES string of the molecule is Cc1cccc(C)c1-n1c(-c2ccc(Oc3cccc(Oc4ccc(-c5cc(C(C)(C)C)ccn5)cc4)c3Br)cc2)nc2ccccc21. The smallest absolute Gasteiger partial charge is 0.145 e. The van der Waals surface area contributed by atoms with Crippen LogP contribution in [0.2, 0.25) is 0 Å². The largest absolute Gasteiger partial charge is 0.456 e. The van der Waals surface area contributed by atoms with Crippen LogP contribution in [-0.4, -0.2) is 14.5 Å². The number of hydrogen-bond donors (Lipinski definition) is 0. The van der Waals surface area contributed by atoms with Crippen LogP contribution in [0.1, 0.15) is 37.5 Å². The minimum atomic E-state index is 0.0570. The maximum absolute atomic E-state index is 6.34. The lowest BCUT2D eigenvalue weighted by Crippen LogP contribution is -2.11. The van der Waals surface area contributed by atoms with Crippen LogP contribution in [0.3, 0.4) is 0 Å². The predicted molar refractivity (Wildman–Crippen MR) is 199 cm³/mol. The van der Waals surface area contributed by atoms with Crippen LogP contribution < -0.4 is 9.47 Å². The van der Waals surface area contributed by atoms with Gasteiger partial charge in [0.15, 0.2) is 0 Å². The van der Waals surface area contributed by atoms with E-state index in [0.29, 0.717) is 17.2 Å². The summed E-state index contributed by atoms with van der Waals surface area (Å²) in [6.45, 7) is 10.9. The second kappa shape index (κ2) is 12.8. The van der Waals surface area contributed by atoms with Gasteiger partial charge in [0, 0.05) is 17.3 Å². The second-order valence-corrected chi connectivity index (χ2v) is 13.8. The molecule has 7 rings (SSSR count). The van der Waals surface area contributed by atoms with Crippen LogP contribution >= 0.6 is 15.9 Å². The Labute approximate surface area is 290 Å². The number of pyridine rings is 1. The number of fused-ring (bicyclic) bond motifs is 1. The summed E-state index contributed by atoms with van der Waals surface area (Å²) < 4.78 is 15.6. The molecule has 0 fully saturated rings. The highest BCUT2D eigenvalue weighted by atomic mass is 79.9. The summed E-state index contributed by atoms with van der Waals surface area (Å²) >= 11 is 3.72. The molecule has 5 nitrogen and oxygen atoms in total. The summed E-state index contributed by atoms with van der Waals surface area (Å²) in [6.07, 6.45) is 1.87. The zero-order valence-corrected chi connectivity index (χ0v) is 29.2. The van der Waals surface area contributed by atoms with Crippen molar-refractivity contribution in [2.75, 3.05) is 0 Å². The van der Waals surface area contributed by atoms with E-state index in [-0.39, 0.29) is 5.41 Å². The van der Waals surface area contributed by atoms with E-state index in [0.717, 1.165) is 49.6 Å². The average Bonchev–Trinajstić information content (AvgIpc) is 3.46. The summed E-state index contributed by atoms with van der Waals surface area (Å²) in [5.74, 6) is 3.63. The third kappa shape index (κ3) is 6.24. The summed E-state index contributed by atoms with van der Waals surface area (Å²) in [5.41, 5.74) is 9.88. The van der Waals surface area contributed by atoms with Gasteiger partial charge in [-0.25, -0.2) is 4.98 Å². The number of aromatic nitrogens is 3. The highest BCUT2D eigenvalue weighted by Crippen LogP contribution is 2.40. The van der Waals surface area contributed by atoms with E-state index in [1.165, 1.54) is 16.7 Å². The van der Waals surface area contributed by atoms with Gasteiger partial charge in [0.1, 0.15) is 33.3 Å². The normalized spacial score (nSPS) is 11.5. The lowest BCUT2D eigenvalue weighted by molar-refractivity contribution is 0.455. The summed E-state index contributed by atoms with van der Waals surface area (Å²) in [6, 6.07) is 40.7. The van der Waals surface area contributed by atoms with Crippen LogP contribution in [-0.2, 0) is 5.41 Å². The quantitative estimate of drug-likeness (QED) is 0.167. The Bertz CT molecular complexity index is 2230. The van der Waals surface area contributed by atoms with Crippen molar-refractivity contribution in [1.29, 1.82) is 0 Å². The average molecular weight is 695 g/mol. The van der Waals surface area contributed by atoms with Crippen molar-refractivity contribution in [2.45, 2.75) is 40.0 Å². The number of rotatable bonds is 7. The van der Waals surface area contributed by atoms with Gasteiger partial charge < -0.3 is 9.47 Å². The molecule has 0 bridgehead atoms. The maximum atomic E-state index is 6.34. The van der Waals surface area contributed by atoms with Gasteiger partial charge in [-0.05, 0) is 137 Å². The molecule has 238 valence electrons. The molecule has 48 heavy (non-hydrogen) atoms. The van der Waals surface area contributed by atoms with Crippen molar-refractivity contribution in [3.05, 3.63) is 149 Å². The van der Waals surface area contributed by atoms with Crippen molar-refractivity contribution in [3.63, 3.8) is 0 Å². The highest BCUT2D eigenvalue weighted by Gasteiger charge is 2.18. The molecule has 6 heteroatoms. The van der Waals surface area contributed by atoms with Crippen LogP contribution in [0.15, 0.2) is 132 Å². The first-order valence-corrected chi connectivity index (χ1v) is 16.8. The number of ether oxygens (including phenoxy) is 2. The van der Waals surface area contributed by atoms with Crippen LogP contribution in [0.4, 0.5) is 0 Å². The van der Waals surface area contributed by atoms with Gasteiger partial charge in [-0.1, -0.05) is 57.2 Å². The van der Waals surface area contributed by atoms with Crippen molar-refractivity contribution in [3.8, 4) is 51.3 Å². The van der Waals surface area contributed by atoms with Gasteiger partial charge in [0.05, 0.1) is 22.4 Å². The fraction of sp³-hybridized carbons (Fsp3) is 0.143. The van der Waals surface area contributed by atoms with Crippen LogP contribution in [0, 0.1) is 13.8 Å². The highest BCUT2D eigenvalue weighted by molar-refractivity contribution is 9.10. The zero-order chi connectivity index (χ0) is 33.4. The fourth-order valence-corrected chi connectivity index (χ4v) is 6.35. The Morgan fingerprint density at radius 3 is 1.85 bits per heavy atom. The summed E-state index contributed by atoms with van der Waals surface area (Å²) in [5, 5.41) is 0. The first-order valence-electron chi connectivity index (χ1n) is 16.0. The van der Waals surface area contributed by atoms with Gasteiger partial charge in [-0.2, -0.15) is 0 Å². The van der Waals surface area contributed by atoms with Crippen molar-refractivity contribution >= 4 is 27.0 Å². The molecule has 2 heterocycles. The van der Waals surface area contributed by atoms with Gasteiger partial charge in [-0.3, -0.25) is 9.55 Å². The topological polar surface area (TPSA) is 49.2 Å². The molecular weight excluding hydrogens is 658 g/mol. The summed E-state index contributed by atoms with van der Waals surface area (Å²) in [7, 11) is 0. The number of hydrogen-bond acceptors (Lipinski definition) is 4. The van der Waals surface area contributed by atoms with Gasteiger partial charge in [0.2, 0.25) is 0 Å². The van der Waals surface area contributed by atoms with E-state index in [9.17, 15) is 0 Å². The van der Waals surface area contributed by atoms with E-state index < -0.39 is 0 Å². The number of aryl methyl sites for hydroxylation is 2. The van der Waals surface area contributed by atoms with Crippen molar-refractivity contribution < 1.29 is 9.47 Å². The minimum absolute atomic E-state index is 0.0570. The molecule has 0 N–H and O–H groups in total. The molecular formula is C42H36BrN3O2. The Kier molecular flexibility index (Phi) is 8.36. The lowest BCUT2D eigenvalue weighted by Gasteiger charge is -2.19. The molecule has 0 aliphatic rings. The number of imidazole rings is 1. The van der Waals surface area contributed by atoms with E-state index >= 15 is 0 Å². The molecule has 0 aliphatic heterocycles. The van der Waals surface area contributed by atoms with E-state index in [4.69, 9.17) is 14.5 Å². The van der Waals surface area contributed by atoms with E-state index in [1.807, 2.05) is 66.9 Å². The molecule has 0 radical (unpaired) electrons. The monoisotopic (exact) mass is 693 g/mol. The standard InChI is InChI=1S/C42H36BrN3O2/c1-27-10-8-11-28(2)40(27)46-36-13-7-6-12-34(36)45-41(46)30-18-22-33(23-19-30)48-38-15-9-14-37(39(38)43)47-32-20-16-29(17-21-32)35-26-31(24-25-44-35)42(3,4)5/h6-26H,1-5H3. The van der Waals surface area contributed by atoms with Gasteiger partial charge >= 0.3 is 0 Å². The molecule has 7 aromatic rings. The Hall–Kier alpha value is -5.20. The molecule has 0 amide bonds. The minimum Gasteiger partial charge on any atom is -0.456 e. The molecule has 0 atom stereocenters. The third-order valence-corrected chi connectivity index (χ3v) is 9.28. The molecule has 0 spiro atoms. The first kappa shape index (κ1) is 31.4. The first-order chi connectivity index (χ1) is 23.2. The van der Waals surface area contributed by atoms with Crippen molar-refractivity contribution in [1.82, 2.24) is 14.5 Å². The van der Waals surface area contributed by atoms with Crippen LogP contribution in [0.25, 0.3) is 39.4 Å². The summed E-state index contributed by atoms with van der Waals surface area (Å²) in [4.78, 5) is 9.64. The number of para-hydroxylation sites is 3. The molecule has 0 saturated heterocycles. The molecule has 2 aromatic heterocycles. The molecule has 5 aromatic carbocycles. The second-order valence-electron chi connectivity index (χ2n) is 13.0. The maximum Gasteiger partial charge on any atom is 0.145 e. The van der Waals surface area contributed by atoms with E-state index in [1.54, 1.807) is 0 Å². The van der Waals surface area contributed by atoms with E-state index in [2.05, 4.69) is 121 Å². The Morgan fingerprint density at radius 1 is 0.646 bits per heavy atom. The van der Waals surface area contributed by atoms with Gasteiger partial charge in [0.25, 0.3) is 0 Å². The number of nitrogens with zero attached hydrogens (tertiary/aromatic N) is 3. The zero-order valence-electron chi connectivity index (χ0n) is 27.7. The fourth-order valence-electron chi connectivity index (χ4n) is 5.93. The molecule has 0 unspecified atom stereocenters. The number of halogens is 1. The lowest BCUT2D eigenvalue weighted by atomic mass is 9.87.